The van der Waals surface area contributed by atoms with Crippen molar-refractivity contribution in [2.45, 2.75) is 0 Å². The lowest BCUT2D eigenvalue weighted by atomic mass is 10.3. The fraction of sp³-hybridized carbons (Fsp3) is 0.417. The van der Waals surface area contributed by atoms with Crippen LogP contribution in [0.25, 0.3) is 5.82 Å². The Hall–Kier alpha value is -2.55. The van der Waals surface area contributed by atoms with Gasteiger partial charge in [0.25, 0.3) is 0 Å². The summed E-state index contributed by atoms with van der Waals surface area (Å²) in [5.74, 6) is 0.605. The third kappa shape index (κ3) is 2.55. The maximum absolute atomic E-state index is 11.5. The fourth-order valence-corrected chi connectivity index (χ4v) is 2.35. The van der Waals surface area contributed by atoms with E-state index >= 15 is 0 Å². The van der Waals surface area contributed by atoms with Gasteiger partial charge >= 0.3 is 5.69 Å². The van der Waals surface area contributed by atoms with Crippen molar-refractivity contribution in [2.24, 2.45) is 0 Å². The summed E-state index contributed by atoms with van der Waals surface area (Å²) >= 11 is 0. The van der Waals surface area contributed by atoms with Crippen molar-refractivity contribution in [3.63, 3.8) is 0 Å². The number of imidazole rings is 1. The van der Waals surface area contributed by atoms with Gasteiger partial charge in [0.15, 0.2) is 0 Å². The summed E-state index contributed by atoms with van der Waals surface area (Å²) in [5.41, 5.74) is -0.0833. The summed E-state index contributed by atoms with van der Waals surface area (Å²) in [4.78, 5) is 27.3. The van der Waals surface area contributed by atoms with E-state index in [9.17, 15) is 10.1 Å². The Kier molecular flexibility index (Phi) is 3.48. The van der Waals surface area contributed by atoms with Crippen LogP contribution in [0.3, 0.4) is 0 Å². The molecule has 0 aliphatic carbocycles. The smallest absolute Gasteiger partial charge is 0.348 e. The first-order chi connectivity index (χ1) is 10.2. The molecule has 110 valence electrons. The molecule has 1 aliphatic rings. The zero-order valence-electron chi connectivity index (χ0n) is 11.6. The minimum absolute atomic E-state index is 0.0833. The third-order valence-electron chi connectivity index (χ3n) is 3.52. The van der Waals surface area contributed by atoms with Gasteiger partial charge < -0.3 is 9.80 Å². The molecule has 0 amide bonds. The largest absolute Gasteiger partial charge is 0.354 e. The Morgan fingerprint density at radius 2 is 1.90 bits per heavy atom. The SMILES string of the molecule is CN1CCN(c2ncnc(-n3ccnc3)c2[N+](=O)[O-])CC1. The Bertz CT molecular complexity index is 635. The first kappa shape index (κ1) is 13.4. The molecule has 9 heteroatoms. The minimum Gasteiger partial charge on any atom is -0.348 e. The summed E-state index contributed by atoms with van der Waals surface area (Å²) in [6.07, 6.45) is 6.03. The molecule has 0 aromatic carbocycles. The highest BCUT2D eigenvalue weighted by Crippen LogP contribution is 2.30. The van der Waals surface area contributed by atoms with Crippen molar-refractivity contribution >= 4 is 11.5 Å². The monoisotopic (exact) mass is 289 g/mol. The van der Waals surface area contributed by atoms with E-state index in [4.69, 9.17) is 0 Å². The molecule has 9 nitrogen and oxygen atoms in total. The first-order valence-corrected chi connectivity index (χ1v) is 6.58. The van der Waals surface area contributed by atoms with Gasteiger partial charge in [0.05, 0.1) is 4.92 Å². The molecule has 0 spiro atoms. The Labute approximate surface area is 121 Å². The predicted octanol–water partition coefficient (Wildman–Crippen LogP) is 0.322. The van der Waals surface area contributed by atoms with E-state index in [0.29, 0.717) is 18.9 Å². The van der Waals surface area contributed by atoms with E-state index in [0.717, 1.165) is 13.1 Å². The molecule has 1 fully saturated rings. The van der Waals surface area contributed by atoms with Crippen LogP contribution >= 0.6 is 0 Å². The second-order valence-electron chi connectivity index (χ2n) is 4.89. The fourth-order valence-electron chi connectivity index (χ4n) is 2.35. The van der Waals surface area contributed by atoms with Crippen LogP contribution in [0.15, 0.2) is 25.0 Å². The number of anilines is 1. The van der Waals surface area contributed by atoms with Gasteiger partial charge in [-0.3, -0.25) is 14.7 Å². The highest BCUT2D eigenvalue weighted by Gasteiger charge is 2.29. The number of hydrogen-bond donors (Lipinski definition) is 0. The van der Waals surface area contributed by atoms with E-state index in [1.165, 1.54) is 17.2 Å². The van der Waals surface area contributed by atoms with Gasteiger partial charge in [-0.25, -0.2) is 15.0 Å². The lowest BCUT2D eigenvalue weighted by molar-refractivity contribution is -0.384. The highest BCUT2D eigenvalue weighted by molar-refractivity contribution is 5.65. The van der Waals surface area contributed by atoms with E-state index < -0.39 is 4.92 Å². The molecule has 3 heterocycles. The molecular weight excluding hydrogens is 274 g/mol. The number of hydrogen-bond acceptors (Lipinski definition) is 7. The summed E-state index contributed by atoms with van der Waals surface area (Å²) in [7, 11) is 2.03. The Balaban J connectivity index is 2.04. The Morgan fingerprint density at radius 1 is 1.19 bits per heavy atom. The van der Waals surface area contributed by atoms with Crippen LogP contribution < -0.4 is 4.90 Å². The summed E-state index contributed by atoms with van der Waals surface area (Å²) in [6, 6.07) is 0. The maximum atomic E-state index is 11.5. The van der Waals surface area contributed by atoms with Crippen molar-refractivity contribution < 1.29 is 4.92 Å². The number of likely N-dealkylation sites (N-methyl/N-ethyl adjacent to an activating group) is 1. The van der Waals surface area contributed by atoms with Gasteiger partial charge in [0.1, 0.15) is 12.7 Å². The van der Waals surface area contributed by atoms with Crippen molar-refractivity contribution in [1.29, 1.82) is 0 Å². The second kappa shape index (κ2) is 5.44. The van der Waals surface area contributed by atoms with E-state index in [1.807, 2.05) is 11.9 Å². The van der Waals surface area contributed by atoms with Gasteiger partial charge in [0, 0.05) is 38.6 Å². The van der Waals surface area contributed by atoms with Crippen LogP contribution in [0.5, 0.6) is 0 Å². The second-order valence-corrected chi connectivity index (χ2v) is 4.89. The summed E-state index contributed by atoms with van der Waals surface area (Å²) in [5, 5.41) is 11.5. The molecule has 0 N–H and O–H groups in total. The van der Waals surface area contributed by atoms with Crippen LogP contribution in [0.4, 0.5) is 11.5 Å². The highest BCUT2D eigenvalue weighted by atomic mass is 16.6. The van der Waals surface area contributed by atoms with Crippen LogP contribution in [0.1, 0.15) is 0 Å². The zero-order chi connectivity index (χ0) is 14.8. The van der Waals surface area contributed by atoms with Crippen LogP contribution in [-0.4, -0.2) is 62.6 Å². The number of piperazine rings is 1. The van der Waals surface area contributed by atoms with Crippen LogP contribution in [0, 0.1) is 10.1 Å². The summed E-state index contributed by atoms with van der Waals surface area (Å²) < 4.78 is 1.53. The number of aromatic nitrogens is 4. The molecule has 0 atom stereocenters. The standard InChI is InChI=1S/C12H15N7O2/c1-16-4-6-17(7-5-16)11-10(19(20)21)12(15-8-14-11)18-3-2-13-9-18/h2-3,8-9H,4-7H2,1H3. The molecule has 1 saturated heterocycles. The lowest BCUT2D eigenvalue weighted by Crippen LogP contribution is -2.45. The van der Waals surface area contributed by atoms with Gasteiger partial charge in [-0.05, 0) is 7.05 Å². The Morgan fingerprint density at radius 3 is 2.52 bits per heavy atom. The first-order valence-electron chi connectivity index (χ1n) is 6.58. The van der Waals surface area contributed by atoms with E-state index in [2.05, 4.69) is 19.9 Å². The molecule has 1 aliphatic heterocycles. The average Bonchev–Trinajstić information content (AvgIpc) is 3.01. The van der Waals surface area contributed by atoms with Crippen molar-refractivity contribution in [1.82, 2.24) is 24.4 Å². The molecule has 0 saturated carbocycles. The van der Waals surface area contributed by atoms with Crippen molar-refractivity contribution in [3.8, 4) is 5.82 Å². The third-order valence-corrected chi connectivity index (χ3v) is 3.52. The normalized spacial score (nSPS) is 16.1. The summed E-state index contributed by atoms with van der Waals surface area (Å²) in [6.45, 7) is 3.11. The molecule has 2 aromatic heterocycles. The van der Waals surface area contributed by atoms with Gasteiger partial charge in [0.2, 0.25) is 11.6 Å². The molecule has 0 unspecified atom stereocenters. The van der Waals surface area contributed by atoms with Crippen molar-refractivity contribution in [3.05, 3.63) is 35.2 Å². The molecule has 0 bridgehead atoms. The number of nitrogens with zero attached hydrogens (tertiary/aromatic N) is 7. The van der Waals surface area contributed by atoms with Crippen LogP contribution in [0.2, 0.25) is 0 Å². The number of rotatable bonds is 3. The zero-order valence-corrected chi connectivity index (χ0v) is 11.6. The number of nitro groups is 1. The molecule has 3 rings (SSSR count). The quantitative estimate of drug-likeness (QED) is 0.593. The van der Waals surface area contributed by atoms with Crippen LogP contribution in [-0.2, 0) is 0 Å². The van der Waals surface area contributed by atoms with Gasteiger partial charge in [-0.15, -0.1) is 0 Å². The molecule has 0 radical (unpaired) electrons. The minimum atomic E-state index is -0.428. The van der Waals surface area contributed by atoms with E-state index in [-0.39, 0.29) is 11.5 Å². The average molecular weight is 289 g/mol. The topological polar surface area (TPSA) is 93.2 Å². The van der Waals surface area contributed by atoms with Crippen molar-refractivity contribution in [2.75, 3.05) is 38.1 Å². The maximum Gasteiger partial charge on any atom is 0.354 e. The molecular formula is C12H15N7O2. The van der Waals surface area contributed by atoms with Gasteiger partial charge in [-0.2, -0.15) is 0 Å². The molecule has 21 heavy (non-hydrogen) atoms. The van der Waals surface area contributed by atoms with Gasteiger partial charge in [-0.1, -0.05) is 0 Å². The van der Waals surface area contributed by atoms with E-state index in [1.54, 1.807) is 12.4 Å². The lowest BCUT2D eigenvalue weighted by Gasteiger charge is -2.32. The predicted molar refractivity (Wildman–Crippen MR) is 75.5 cm³/mol. The molecule has 2 aromatic rings.